The molecule has 0 aromatic heterocycles. The van der Waals surface area contributed by atoms with Gasteiger partial charge in [0.05, 0.1) is 5.56 Å². The van der Waals surface area contributed by atoms with Crippen LogP contribution in [0.2, 0.25) is 0 Å². The minimum absolute atomic E-state index is 0.0410. The summed E-state index contributed by atoms with van der Waals surface area (Å²) < 4.78 is 63.0. The number of hydrogen-bond acceptors (Lipinski definition) is 1. The summed E-state index contributed by atoms with van der Waals surface area (Å²) in [4.78, 5) is 7.11. The Balaban J connectivity index is 3.40. The SMILES string of the molecule is O=C(c1ccc(Br)cc1C(F)(F)F)C(F)(F)Br. The second kappa shape index (κ2) is 4.64. The second-order valence-corrected chi connectivity index (χ2v) is 4.93. The summed E-state index contributed by atoms with van der Waals surface area (Å²) in [5.41, 5.74) is -2.49. The molecule has 0 heterocycles. The van der Waals surface area contributed by atoms with Crippen molar-refractivity contribution in [3.05, 3.63) is 33.8 Å². The fraction of sp³-hybridized carbons (Fsp3) is 0.222. The molecule has 1 aromatic rings. The van der Waals surface area contributed by atoms with Crippen LogP contribution in [0.25, 0.3) is 0 Å². The summed E-state index contributed by atoms with van der Waals surface area (Å²) in [7, 11) is 0. The third-order valence-electron chi connectivity index (χ3n) is 1.79. The lowest BCUT2D eigenvalue weighted by atomic mass is 10.0. The quantitative estimate of drug-likeness (QED) is 0.414. The van der Waals surface area contributed by atoms with Crippen LogP contribution in [0.3, 0.4) is 0 Å². The van der Waals surface area contributed by atoms with Crippen molar-refractivity contribution in [1.29, 1.82) is 0 Å². The van der Waals surface area contributed by atoms with Crippen LogP contribution in [0, 0.1) is 0 Å². The molecule has 1 rings (SSSR count). The Morgan fingerprint density at radius 2 is 1.65 bits per heavy atom. The maximum atomic E-state index is 12.7. The van der Waals surface area contributed by atoms with Crippen molar-refractivity contribution in [3.8, 4) is 0 Å². The zero-order valence-electron chi connectivity index (χ0n) is 7.79. The topological polar surface area (TPSA) is 17.1 Å². The van der Waals surface area contributed by atoms with Crippen molar-refractivity contribution < 1.29 is 26.7 Å². The van der Waals surface area contributed by atoms with Crippen LogP contribution in [-0.4, -0.2) is 10.6 Å². The molecule has 94 valence electrons. The van der Waals surface area contributed by atoms with E-state index in [1.54, 1.807) is 15.9 Å². The zero-order chi connectivity index (χ0) is 13.4. The van der Waals surface area contributed by atoms with Crippen LogP contribution in [0.5, 0.6) is 0 Å². The van der Waals surface area contributed by atoms with Gasteiger partial charge in [0, 0.05) is 10.0 Å². The largest absolute Gasteiger partial charge is 0.417 e. The number of halogens is 7. The smallest absolute Gasteiger partial charge is 0.286 e. The van der Waals surface area contributed by atoms with Gasteiger partial charge >= 0.3 is 11.0 Å². The summed E-state index contributed by atoms with van der Waals surface area (Å²) in [5, 5.41) is 0. The average molecular weight is 382 g/mol. The van der Waals surface area contributed by atoms with Crippen LogP contribution in [-0.2, 0) is 6.18 Å². The van der Waals surface area contributed by atoms with Crippen LogP contribution < -0.4 is 0 Å². The molecule has 0 N–H and O–H groups in total. The molecule has 0 radical (unpaired) electrons. The molecule has 0 amide bonds. The molecule has 0 saturated carbocycles. The van der Waals surface area contributed by atoms with Gasteiger partial charge in [-0.2, -0.15) is 22.0 Å². The van der Waals surface area contributed by atoms with Gasteiger partial charge in [0.2, 0.25) is 5.78 Å². The second-order valence-electron chi connectivity index (χ2n) is 3.01. The minimum atomic E-state index is -4.88. The highest BCUT2D eigenvalue weighted by Crippen LogP contribution is 2.37. The fourth-order valence-electron chi connectivity index (χ4n) is 1.10. The first-order valence-electron chi connectivity index (χ1n) is 4.02. The van der Waals surface area contributed by atoms with Gasteiger partial charge in [0.1, 0.15) is 0 Å². The lowest BCUT2D eigenvalue weighted by molar-refractivity contribution is -0.138. The van der Waals surface area contributed by atoms with Gasteiger partial charge in [0.15, 0.2) is 0 Å². The Kier molecular flexibility index (Phi) is 3.97. The van der Waals surface area contributed by atoms with E-state index in [1.165, 1.54) is 0 Å². The molecule has 0 saturated heterocycles. The molecule has 0 bridgehead atoms. The van der Waals surface area contributed by atoms with Gasteiger partial charge in [-0.25, -0.2) is 0 Å². The first kappa shape index (κ1) is 14.6. The van der Waals surface area contributed by atoms with Gasteiger partial charge in [-0.15, -0.1) is 0 Å². The summed E-state index contributed by atoms with van der Waals surface area (Å²) >= 11 is 4.52. The summed E-state index contributed by atoms with van der Waals surface area (Å²) in [6.45, 7) is 0. The van der Waals surface area contributed by atoms with Crippen molar-refractivity contribution in [2.75, 3.05) is 0 Å². The standard InChI is InChI=1S/C9H3Br2F5O/c10-4-1-2-5(7(17)8(11,12)13)6(3-4)9(14,15)16/h1-3H. The number of alkyl halides is 6. The normalized spacial score (nSPS) is 12.6. The molecule has 0 unspecified atom stereocenters. The van der Waals surface area contributed by atoms with E-state index in [1.807, 2.05) is 0 Å². The van der Waals surface area contributed by atoms with Gasteiger partial charge in [-0.3, -0.25) is 4.79 Å². The van der Waals surface area contributed by atoms with Gasteiger partial charge in [-0.05, 0) is 34.1 Å². The highest BCUT2D eigenvalue weighted by Gasteiger charge is 2.42. The van der Waals surface area contributed by atoms with Gasteiger partial charge in [-0.1, -0.05) is 15.9 Å². The molecule has 0 aliphatic rings. The number of hydrogen-bond donors (Lipinski definition) is 0. The Morgan fingerprint density at radius 3 is 2.06 bits per heavy atom. The Bertz CT molecular complexity index is 450. The predicted molar refractivity (Wildman–Crippen MR) is 57.3 cm³/mol. The molecule has 0 atom stereocenters. The number of carbonyl (C=O) groups is 1. The zero-order valence-corrected chi connectivity index (χ0v) is 11.0. The van der Waals surface area contributed by atoms with E-state index in [-0.39, 0.29) is 4.47 Å². The van der Waals surface area contributed by atoms with E-state index >= 15 is 0 Å². The molecule has 1 nitrogen and oxygen atoms in total. The number of Topliss-reactive ketones (excluding diaryl/α,β-unsaturated/α-hetero) is 1. The Morgan fingerprint density at radius 1 is 1.12 bits per heavy atom. The number of carbonyl (C=O) groups excluding carboxylic acids is 1. The van der Waals surface area contributed by atoms with E-state index in [0.29, 0.717) is 12.1 Å². The highest BCUT2D eigenvalue weighted by atomic mass is 79.9. The lowest BCUT2D eigenvalue weighted by Crippen LogP contribution is -2.24. The maximum Gasteiger partial charge on any atom is 0.417 e. The first-order valence-corrected chi connectivity index (χ1v) is 5.60. The molecular weight excluding hydrogens is 379 g/mol. The monoisotopic (exact) mass is 380 g/mol. The van der Waals surface area contributed by atoms with Crippen LogP contribution in [0.4, 0.5) is 22.0 Å². The number of ketones is 1. The molecule has 0 fully saturated rings. The van der Waals surface area contributed by atoms with Crippen LogP contribution in [0.1, 0.15) is 15.9 Å². The number of benzene rings is 1. The van der Waals surface area contributed by atoms with Crippen molar-refractivity contribution in [3.63, 3.8) is 0 Å². The van der Waals surface area contributed by atoms with E-state index in [2.05, 4.69) is 15.9 Å². The average Bonchev–Trinajstić information content (AvgIpc) is 2.14. The van der Waals surface area contributed by atoms with Gasteiger partial charge < -0.3 is 0 Å². The summed E-state index contributed by atoms with van der Waals surface area (Å²) in [6.07, 6.45) is -4.88. The summed E-state index contributed by atoms with van der Waals surface area (Å²) in [6, 6.07) is 2.36. The van der Waals surface area contributed by atoms with Crippen molar-refractivity contribution in [1.82, 2.24) is 0 Å². The van der Waals surface area contributed by atoms with Crippen LogP contribution >= 0.6 is 31.9 Å². The van der Waals surface area contributed by atoms with Crippen molar-refractivity contribution in [2.24, 2.45) is 0 Å². The lowest BCUT2D eigenvalue weighted by Gasteiger charge is -2.14. The third-order valence-corrected chi connectivity index (χ3v) is 2.64. The minimum Gasteiger partial charge on any atom is -0.286 e. The maximum absolute atomic E-state index is 12.7. The molecule has 0 spiro atoms. The number of rotatable bonds is 2. The molecule has 8 heteroatoms. The van der Waals surface area contributed by atoms with Crippen molar-refractivity contribution in [2.45, 2.75) is 11.0 Å². The Hall–Kier alpha value is -0.500. The summed E-state index contributed by atoms with van der Waals surface area (Å²) in [5.74, 6) is -1.93. The molecule has 17 heavy (non-hydrogen) atoms. The highest BCUT2D eigenvalue weighted by molar-refractivity contribution is 9.10. The van der Waals surface area contributed by atoms with E-state index in [0.717, 1.165) is 6.07 Å². The van der Waals surface area contributed by atoms with Gasteiger partial charge in [0.25, 0.3) is 0 Å². The van der Waals surface area contributed by atoms with E-state index < -0.39 is 27.9 Å². The molecular formula is C9H3Br2F5O. The third kappa shape index (κ3) is 3.48. The van der Waals surface area contributed by atoms with Crippen molar-refractivity contribution >= 4 is 37.6 Å². The van der Waals surface area contributed by atoms with Crippen LogP contribution in [0.15, 0.2) is 22.7 Å². The fourth-order valence-corrected chi connectivity index (χ4v) is 1.68. The molecule has 0 aliphatic carbocycles. The Labute approximate surface area is 109 Å². The molecule has 0 aliphatic heterocycles. The van der Waals surface area contributed by atoms with E-state index in [9.17, 15) is 26.7 Å². The predicted octanol–water partition coefficient (Wildman–Crippen LogP) is 4.64. The van der Waals surface area contributed by atoms with E-state index in [4.69, 9.17) is 0 Å². The first-order chi connectivity index (χ1) is 7.53. The molecule has 1 aromatic carbocycles.